The lowest BCUT2D eigenvalue weighted by molar-refractivity contribution is 0.337. The first kappa shape index (κ1) is 29.1. The molecule has 1 saturated carbocycles. The fourth-order valence-corrected chi connectivity index (χ4v) is 10.5. The van der Waals surface area contributed by atoms with E-state index in [1.165, 1.54) is 76.1 Å². The maximum Gasteiger partial charge on any atom is 0.0534 e. The molecule has 0 saturated heterocycles. The van der Waals surface area contributed by atoms with Crippen molar-refractivity contribution < 1.29 is 0 Å². The standard InChI is InChI=1S/C48H43N/c1-47(2)42-29-32(17-18-33-20-25-40-37-13-5-6-14-41(37)48(44(40)30-33)27-9-10-28-48)19-24-38(42)39-26-23-36(31-43(39)47)49-45-15-7-3-11-34(45)21-22-35-12-4-8-16-46(35)49/h3-8,11-26,29-31,37,39,41,43H,9-10,27-28H2,1-2H3/b18-17+. The van der Waals surface area contributed by atoms with Crippen LogP contribution in [0, 0.1) is 11.8 Å². The number of rotatable bonds is 3. The molecule has 10 rings (SSSR count). The van der Waals surface area contributed by atoms with E-state index >= 15 is 0 Å². The van der Waals surface area contributed by atoms with Gasteiger partial charge in [0.05, 0.1) is 11.4 Å². The van der Waals surface area contributed by atoms with Crippen LogP contribution < -0.4 is 4.90 Å². The van der Waals surface area contributed by atoms with Crippen molar-refractivity contribution in [2.75, 3.05) is 4.90 Å². The van der Waals surface area contributed by atoms with Crippen molar-refractivity contribution in [1.29, 1.82) is 0 Å². The molecule has 1 spiro atoms. The third-order valence-electron chi connectivity index (χ3n) is 12.9. The first-order valence-corrected chi connectivity index (χ1v) is 18.4. The quantitative estimate of drug-likeness (QED) is 0.203. The van der Waals surface area contributed by atoms with Crippen LogP contribution in [0.4, 0.5) is 11.4 Å². The van der Waals surface area contributed by atoms with Gasteiger partial charge in [0.1, 0.15) is 0 Å². The topological polar surface area (TPSA) is 3.24 Å². The predicted molar refractivity (Wildman–Crippen MR) is 207 cm³/mol. The highest BCUT2D eigenvalue weighted by atomic mass is 15.2. The Bertz CT molecular complexity index is 2140. The Morgan fingerprint density at radius 2 is 1.20 bits per heavy atom. The highest BCUT2D eigenvalue weighted by Gasteiger charge is 2.51. The van der Waals surface area contributed by atoms with Crippen LogP contribution in [0.3, 0.4) is 0 Å². The van der Waals surface area contributed by atoms with Gasteiger partial charge in [0.2, 0.25) is 0 Å². The number of nitrogens with zero attached hydrogens (tertiary/aromatic N) is 1. The summed E-state index contributed by atoms with van der Waals surface area (Å²) in [5.41, 5.74) is 15.3. The van der Waals surface area contributed by atoms with Crippen LogP contribution in [0.1, 0.15) is 95.9 Å². The summed E-state index contributed by atoms with van der Waals surface area (Å²) < 4.78 is 0. The lowest BCUT2D eigenvalue weighted by Gasteiger charge is -2.35. The van der Waals surface area contributed by atoms with Gasteiger partial charge in [0.15, 0.2) is 0 Å². The van der Waals surface area contributed by atoms with Crippen LogP contribution in [0.25, 0.3) is 24.3 Å². The molecular weight excluding hydrogens is 591 g/mol. The first-order chi connectivity index (χ1) is 24.0. The molecule has 1 heterocycles. The van der Waals surface area contributed by atoms with Gasteiger partial charge in [-0.05, 0) is 92.8 Å². The van der Waals surface area contributed by atoms with Gasteiger partial charge < -0.3 is 4.90 Å². The molecule has 0 amide bonds. The average molecular weight is 634 g/mol. The van der Waals surface area contributed by atoms with Crippen molar-refractivity contribution in [3.05, 3.63) is 178 Å². The molecule has 240 valence electrons. The number of hydrogen-bond acceptors (Lipinski definition) is 1. The number of hydrogen-bond donors (Lipinski definition) is 0. The molecule has 1 fully saturated rings. The van der Waals surface area contributed by atoms with E-state index in [4.69, 9.17) is 0 Å². The van der Waals surface area contributed by atoms with Gasteiger partial charge in [-0.25, -0.2) is 0 Å². The van der Waals surface area contributed by atoms with Crippen LogP contribution in [0.15, 0.2) is 133 Å². The lowest BCUT2D eigenvalue weighted by Crippen LogP contribution is -2.28. The van der Waals surface area contributed by atoms with Crippen LogP contribution in [-0.2, 0) is 10.8 Å². The average Bonchev–Trinajstić information content (AvgIpc) is 3.76. The summed E-state index contributed by atoms with van der Waals surface area (Å²) in [6, 6.07) is 32.1. The summed E-state index contributed by atoms with van der Waals surface area (Å²) in [6.45, 7) is 4.90. The zero-order valence-electron chi connectivity index (χ0n) is 28.5. The van der Waals surface area contributed by atoms with Gasteiger partial charge in [-0.1, -0.05) is 160 Å². The summed E-state index contributed by atoms with van der Waals surface area (Å²) in [7, 11) is 0. The Kier molecular flexibility index (Phi) is 6.41. The third kappa shape index (κ3) is 4.31. The summed E-state index contributed by atoms with van der Waals surface area (Å²) in [5.74, 6) is 1.93. The van der Waals surface area contributed by atoms with Crippen molar-refractivity contribution in [3.8, 4) is 0 Å². The second-order valence-electron chi connectivity index (χ2n) is 15.7. The molecule has 5 aliphatic carbocycles. The van der Waals surface area contributed by atoms with E-state index < -0.39 is 0 Å². The molecule has 4 unspecified atom stereocenters. The molecule has 0 N–H and O–H groups in total. The SMILES string of the molecule is CC1(C)c2cc(/C=C/c3ccc4c(c3)C3(CCCC3)C3C=CC=CC43)ccc2C2C=CC(N3c4ccccc4C=Cc4ccccc43)=CC21. The minimum absolute atomic E-state index is 0.00273. The number of anilines is 2. The van der Waals surface area contributed by atoms with Crippen molar-refractivity contribution in [2.24, 2.45) is 11.8 Å². The van der Waals surface area contributed by atoms with E-state index in [2.05, 4.69) is 171 Å². The summed E-state index contributed by atoms with van der Waals surface area (Å²) >= 11 is 0. The highest BCUT2D eigenvalue weighted by Crippen LogP contribution is 2.60. The van der Waals surface area contributed by atoms with Gasteiger partial charge in [-0.2, -0.15) is 0 Å². The van der Waals surface area contributed by atoms with Gasteiger partial charge in [0.25, 0.3) is 0 Å². The highest BCUT2D eigenvalue weighted by molar-refractivity contribution is 5.91. The maximum absolute atomic E-state index is 2.56. The van der Waals surface area contributed by atoms with Crippen LogP contribution in [0.5, 0.6) is 0 Å². The monoisotopic (exact) mass is 633 g/mol. The van der Waals surface area contributed by atoms with E-state index in [1.54, 1.807) is 11.1 Å². The molecule has 0 bridgehead atoms. The molecule has 0 aromatic heterocycles. The molecule has 6 aliphatic rings. The largest absolute Gasteiger partial charge is 0.310 e. The maximum atomic E-state index is 2.56. The predicted octanol–water partition coefficient (Wildman–Crippen LogP) is 12.3. The van der Waals surface area contributed by atoms with Crippen LogP contribution in [0.2, 0.25) is 0 Å². The van der Waals surface area contributed by atoms with Crippen molar-refractivity contribution in [2.45, 2.75) is 62.2 Å². The van der Waals surface area contributed by atoms with E-state index in [1.807, 2.05) is 0 Å². The minimum Gasteiger partial charge on any atom is -0.310 e. The Balaban J connectivity index is 0.974. The van der Waals surface area contributed by atoms with E-state index in [0.29, 0.717) is 29.1 Å². The fraction of sp³-hybridized carbons (Fsp3) is 0.250. The molecule has 1 heteroatoms. The molecule has 4 atom stereocenters. The Hall–Kier alpha value is -4.88. The number of para-hydroxylation sites is 2. The second kappa shape index (κ2) is 10.8. The summed E-state index contributed by atoms with van der Waals surface area (Å²) in [6.07, 6.45) is 31.5. The van der Waals surface area contributed by atoms with E-state index in [9.17, 15) is 0 Å². The van der Waals surface area contributed by atoms with Crippen molar-refractivity contribution >= 4 is 35.7 Å². The summed E-state index contributed by atoms with van der Waals surface area (Å²) in [5, 5.41) is 0. The lowest BCUT2D eigenvalue weighted by atomic mass is 9.70. The Labute approximate surface area is 291 Å². The molecule has 4 aromatic carbocycles. The normalized spacial score (nSPS) is 25.8. The third-order valence-corrected chi connectivity index (χ3v) is 12.9. The van der Waals surface area contributed by atoms with Gasteiger partial charge in [0, 0.05) is 22.9 Å². The van der Waals surface area contributed by atoms with E-state index in [0.717, 1.165) is 0 Å². The molecule has 1 nitrogen and oxygen atoms in total. The molecule has 0 radical (unpaired) electrons. The van der Waals surface area contributed by atoms with Gasteiger partial charge in [-0.15, -0.1) is 0 Å². The van der Waals surface area contributed by atoms with Gasteiger partial charge in [-0.3, -0.25) is 0 Å². The zero-order valence-corrected chi connectivity index (χ0v) is 28.5. The van der Waals surface area contributed by atoms with Crippen molar-refractivity contribution in [1.82, 2.24) is 0 Å². The second-order valence-corrected chi connectivity index (χ2v) is 15.7. The molecule has 1 aliphatic heterocycles. The molecule has 49 heavy (non-hydrogen) atoms. The molecule has 4 aromatic rings. The first-order valence-electron chi connectivity index (χ1n) is 18.4. The number of benzene rings is 4. The number of allylic oxidation sites excluding steroid dienone is 7. The summed E-state index contributed by atoms with van der Waals surface area (Å²) in [4.78, 5) is 2.47. The smallest absolute Gasteiger partial charge is 0.0534 e. The van der Waals surface area contributed by atoms with Crippen LogP contribution >= 0.6 is 0 Å². The minimum atomic E-state index is 0.00273. The fourth-order valence-electron chi connectivity index (χ4n) is 10.5. The van der Waals surface area contributed by atoms with Gasteiger partial charge >= 0.3 is 0 Å². The van der Waals surface area contributed by atoms with E-state index in [-0.39, 0.29) is 5.41 Å². The Morgan fingerprint density at radius 3 is 1.90 bits per heavy atom. The van der Waals surface area contributed by atoms with Crippen molar-refractivity contribution in [3.63, 3.8) is 0 Å². The molecular formula is C48H43N. The Morgan fingerprint density at radius 1 is 0.612 bits per heavy atom. The zero-order chi connectivity index (χ0) is 32.7. The van der Waals surface area contributed by atoms with Crippen LogP contribution in [-0.4, -0.2) is 0 Å². The number of fused-ring (bicyclic) bond motifs is 10.